The number of ether oxygens (including phenoxy) is 2. The maximum absolute atomic E-state index is 12.4. The molecule has 0 fully saturated rings. The van der Waals surface area contributed by atoms with Crippen LogP contribution in [0.1, 0.15) is 30.5 Å². The van der Waals surface area contributed by atoms with Crippen LogP contribution in [0.3, 0.4) is 0 Å². The number of carbonyl (C=O) groups excluding carboxylic acids is 1. The fourth-order valence-electron chi connectivity index (χ4n) is 2.64. The maximum Gasteiger partial charge on any atom is 0.230 e. The summed E-state index contributed by atoms with van der Waals surface area (Å²) in [6.07, 6.45) is 0.766. The van der Waals surface area contributed by atoms with Crippen LogP contribution in [0.2, 0.25) is 10.0 Å². The van der Waals surface area contributed by atoms with E-state index < -0.39 is 0 Å². The predicted molar refractivity (Wildman–Crippen MR) is 113 cm³/mol. The van der Waals surface area contributed by atoms with E-state index in [1.165, 1.54) is 11.8 Å². The van der Waals surface area contributed by atoms with Gasteiger partial charge in [0.05, 0.1) is 26.0 Å². The van der Waals surface area contributed by atoms with E-state index in [2.05, 4.69) is 5.32 Å². The lowest BCUT2D eigenvalue weighted by Crippen LogP contribution is -2.29. The van der Waals surface area contributed by atoms with Crippen LogP contribution in [0, 0.1) is 0 Å². The largest absolute Gasteiger partial charge is 0.493 e. The van der Waals surface area contributed by atoms with Gasteiger partial charge in [-0.2, -0.15) is 0 Å². The van der Waals surface area contributed by atoms with Gasteiger partial charge in [0.1, 0.15) is 0 Å². The number of benzene rings is 2. The van der Waals surface area contributed by atoms with E-state index in [4.69, 9.17) is 32.7 Å². The van der Waals surface area contributed by atoms with Gasteiger partial charge >= 0.3 is 0 Å². The van der Waals surface area contributed by atoms with Crippen molar-refractivity contribution in [3.05, 3.63) is 57.6 Å². The summed E-state index contributed by atoms with van der Waals surface area (Å²) in [5, 5.41) is 4.30. The van der Waals surface area contributed by atoms with E-state index in [0.717, 1.165) is 17.5 Å². The zero-order valence-electron chi connectivity index (χ0n) is 15.6. The molecule has 2 aromatic rings. The van der Waals surface area contributed by atoms with Crippen molar-refractivity contribution in [3.63, 3.8) is 0 Å². The van der Waals surface area contributed by atoms with Crippen LogP contribution in [0.25, 0.3) is 0 Å². The zero-order chi connectivity index (χ0) is 19.8. The second-order valence-electron chi connectivity index (χ2n) is 5.84. The van der Waals surface area contributed by atoms with Crippen molar-refractivity contribution in [1.29, 1.82) is 0 Å². The second kappa shape index (κ2) is 10.7. The van der Waals surface area contributed by atoms with Gasteiger partial charge in [0.15, 0.2) is 11.5 Å². The fourth-order valence-corrected chi connectivity index (χ4v) is 4.22. The number of hydrogen-bond donors (Lipinski definition) is 1. The molecule has 1 N–H and O–H groups in total. The van der Waals surface area contributed by atoms with E-state index in [-0.39, 0.29) is 11.9 Å². The summed E-state index contributed by atoms with van der Waals surface area (Å²) in [6, 6.07) is 11.0. The summed E-state index contributed by atoms with van der Waals surface area (Å²) in [5.74, 6) is 2.18. The lowest BCUT2D eigenvalue weighted by Gasteiger charge is -2.19. The van der Waals surface area contributed by atoms with Crippen molar-refractivity contribution in [2.75, 3.05) is 20.0 Å². The molecule has 27 heavy (non-hydrogen) atoms. The minimum Gasteiger partial charge on any atom is -0.493 e. The number of amides is 1. The first-order valence-electron chi connectivity index (χ1n) is 8.52. The van der Waals surface area contributed by atoms with Crippen molar-refractivity contribution in [2.24, 2.45) is 0 Å². The molecule has 0 aliphatic carbocycles. The lowest BCUT2D eigenvalue weighted by atomic mass is 10.0. The first-order chi connectivity index (χ1) is 13.0. The van der Waals surface area contributed by atoms with Crippen LogP contribution in [0.15, 0.2) is 36.4 Å². The van der Waals surface area contributed by atoms with E-state index in [9.17, 15) is 4.79 Å². The molecule has 0 saturated heterocycles. The molecule has 0 radical (unpaired) electrons. The van der Waals surface area contributed by atoms with Crippen molar-refractivity contribution < 1.29 is 14.3 Å². The molecule has 2 aromatic carbocycles. The summed E-state index contributed by atoms with van der Waals surface area (Å²) in [5.41, 5.74) is 1.83. The first-order valence-corrected chi connectivity index (χ1v) is 10.4. The number of thioether (sulfide) groups is 1. The Bertz CT molecular complexity index is 766. The van der Waals surface area contributed by atoms with E-state index in [1.807, 2.05) is 25.1 Å². The number of carbonyl (C=O) groups is 1. The maximum atomic E-state index is 12.4. The van der Waals surface area contributed by atoms with Crippen LogP contribution in [0.4, 0.5) is 0 Å². The van der Waals surface area contributed by atoms with Crippen molar-refractivity contribution in [2.45, 2.75) is 25.1 Å². The molecule has 146 valence electrons. The average Bonchev–Trinajstić information content (AvgIpc) is 2.67. The summed E-state index contributed by atoms with van der Waals surface area (Å²) in [7, 11) is 3.19. The molecule has 0 saturated carbocycles. The van der Waals surface area contributed by atoms with Gasteiger partial charge in [0.25, 0.3) is 0 Å². The van der Waals surface area contributed by atoms with E-state index in [0.29, 0.717) is 33.0 Å². The van der Waals surface area contributed by atoms with Gasteiger partial charge in [0, 0.05) is 15.8 Å². The van der Waals surface area contributed by atoms with Crippen LogP contribution in [-0.2, 0) is 10.5 Å². The molecule has 0 heterocycles. The minimum atomic E-state index is -0.0955. The summed E-state index contributed by atoms with van der Waals surface area (Å²) in [4.78, 5) is 12.4. The quantitative estimate of drug-likeness (QED) is 0.572. The molecule has 0 aliphatic heterocycles. The van der Waals surface area contributed by atoms with Crippen molar-refractivity contribution in [1.82, 2.24) is 5.32 Å². The molecular weight excluding hydrogens is 405 g/mol. The van der Waals surface area contributed by atoms with Crippen molar-refractivity contribution in [3.8, 4) is 11.5 Å². The molecule has 0 unspecified atom stereocenters. The fraction of sp³-hybridized carbons (Fsp3) is 0.350. The normalized spacial score (nSPS) is 11.7. The monoisotopic (exact) mass is 427 g/mol. The standard InChI is InChI=1S/C20H23Cl2NO3S/c1-4-17(13-8-9-18(25-2)19(10-13)26-3)23-20(24)12-27-11-14-15(21)6-5-7-16(14)22/h5-10,17H,4,11-12H2,1-3H3,(H,23,24)/t17-/m1/s1. The number of halogens is 2. The molecular formula is C20H23Cl2NO3S. The Kier molecular flexibility index (Phi) is 8.61. The molecule has 2 rings (SSSR count). The highest BCUT2D eigenvalue weighted by molar-refractivity contribution is 7.99. The van der Waals surface area contributed by atoms with Gasteiger partial charge in [-0.15, -0.1) is 11.8 Å². The first kappa shape index (κ1) is 21.7. The summed E-state index contributed by atoms with van der Waals surface area (Å²) in [6.45, 7) is 2.03. The van der Waals surface area contributed by atoms with Gasteiger partial charge in [-0.1, -0.05) is 42.3 Å². The van der Waals surface area contributed by atoms with Gasteiger partial charge in [0.2, 0.25) is 5.91 Å². The van der Waals surface area contributed by atoms with Gasteiger partial charge in [-0.3, -0.25) is 4.79 Å². The number of hydrogen-bond acceptors (Lipinski definition) is 4. The number of nitrogens with one attached hydrogen (secondary N) is 1. The Morgan fingerprint density at radius 3 is 2.37 bits per heavy atom. The molecule has 0 spiro atoms. The molecule has 0 aliphatic rings. The van der Waals surface area contributed by atoms with Crippen LogP contribution in [0.5, 0.6) is 11.5 Å². The average molecular weight is 428 g/mol. The van der Waals surface area contributed by atoms with Gasteiger partial charge in [-0.25, -0.2) is 0 Å². The van der Waals surface area contributed by atoms with Crippen molar-refractivity contribution >= 4 is 40.9 Å². The van der Waals surface area contributed by atoms with Crippen LogP contribution in [-0.4, -0.2) is 25.9 Å². The third-order valence-electron chi connectivity index (χ3n) is 4.09. The van der Waals surface area contributed by atoms with Gasteiger partial charge in [-0.05, 0) is 41.8 Å². The minimum absolute atomic E-state index is 0.0372. The number of methoxy groups -OCH3 is 2. The highest BCUT2D eigenvalue weighted by Crippen LogP contribution is 2.31. The molecule has 4 nitrogen and oxygen atoms in total. The van der Waals surface area contributed by atoms with E-state index in [1.54, 1.807) is 32.4 Å². The molecule has 0 aromatic heterocycles. The Morgan fingerprint density at radius 2 is 1.78 bits per heavy atom. The second-order valence-corrected chi connectivity index (χ2v) is 7.64. The van der Waals surface area contributed by atoms with E-state index >= 15 is 0 Å². The third-order valence-corrected chi connectivity index (χ3v) is 5.76. The summed E-state index contributed by atoms with van der Waals surface area (Å²) >= 11 is 13.8. The highest BCUT2D eigenvalue weighted by atomic mass is 35.5. The molecule has 1 amide bonds. The third kappa shape index (κ3) is 5.96. The molecule has 7 heteroatoms. The Morgan fingerprint density at radius 1 is 1.11 bits per heavy atom. The summed E-state index contributed by atoms with van der Waals surface area (Å²) < 4.78 is 10.6. The predicted octanol–water partition coefficient (Wildman–Crippen LogP) is 5.51. The van der Waals surface area contributed by atoms with Crippen LogP contribution >= 0.6 is 35.0 Å². The molecule has 0 bridgehead atoms. The SMILES string of the molecule is CC[C@@H](NC(=O)CSCc1c(Cl)cccc1Cl)c1ccc(OC)c(OC)c1. The highest BCUT2D eigenvalue weighted by Gasteiger charge is 2.16. The van der Waals surface area contributed by atoms with Gasteiger partial charge < -0.3 is 14.8 Å². The van der Waals surface area contributed by atoms with Crippen LogP contribution < -0.4 is 14.8 Å². The topological polar surface area (TPSA) is 47.6 Å². The Hall–Kier alpha value is -1.56. The smallest absolute Gasteiger partial charge is 0.230 e. The Balaban J connectivity index is 1.95. The lowest BCUT2D eigenvalue weighted by molar-refractivity contribution is -0.119. The zero-order valence-corrected chi connectivity index (χ0v) is 17.9. The number of rotatable bonds is 9. The Labute approximate surface area is 174 Å². The molecule has 1 atom stereocenters.